The fraction of sp³-hybridized carbons (Fsp3) is 0.667. The van der Waals surface area contributed by atoms with Crippen molar-refractivity contribution in [2.24, 2.45) is 28.9 Å². The largest absolute Gasteiger partial charge is 0.370 e. The molecule has 198 valence electrons. The molecule has 5 aliphatic rings. The summed E-state index contributed by atoms with van der Waals surface area (Å²) in [7, 11) is -4.05. The van der Waals surface area contributed by atoms with E-state index in [9.17, 15) is 18.0 Å². The first-order valence-electron chi connectivity index (χ1n) is 12.5. The highest BCUT2D eigenvalue weighted by Crippen LogP contribution is 2.61. The zero-order chi connectivity index (χ0) is 25.8. The number of anilines is 1. The summed E-state index contributed by atoms with van der Waals surface area (Å²) in [6, 6.07) is 2.92. The molecule has 5 fully saturated rings. The number of nitrogens with one attached hydrogen (secondary N) is 1. The fourth-order valence-corrected chi connectivity index (χ4v) is 10.3. The first-order valence-corrected chi connectivity index (χ1v) is 15.0. The van der Waals surface area contributed by atoms with Crippen molar-refractivity contribution in [3.8, 4) is 0 Å². The van der Waals surface area contributed by atoms with E-state index in [4.69, 9.17) is 40.5 Å². The Morgan fingerprint density at radius 3 is 2.25 bits per heavy atom. The van der Waals surface area contributed by atoms with Crippen LogP contribution in [0.3, 0.4) is 0 Å². The van der Waals surface area contributed by atoms with Crippen molar-refractivity contribution < 1.29 is 18.0 Å². The summed E-state index contributed by atoms with van der Waals surface area (Å²) in [5, 5.41) is 3.76. The molecule has 4 aliphatic carbocycles. The van der Waals surface area contributed by atoms with Gasteiger partial charge in [0.05, 0.1) is 22.3 Å². The van der Waals surface area contributed by atoms with E-state index in [1.807, 2.05) is 0 Å². The van der Waals surface area contributed by atoms with Crippen LogP contribution in [0, 0.1) is 23.2 Å². The summed E-state index contributed by atoms with van der Waals surface area (Å²) in [6.07, 6.45) is 6.50. The average molecular weight is 578 g/mol. The Hall–Kier alpha value is -1.26. The van der Waals surface area contributed by atoms with Crippen molar-refractivity contribution in [1.29, 1.82) is 0 Å². The van der Waals surface area contributed by atoms with Crippen molar-refractivity contribution in [3.05, 3.63) is 27.2 Å². The minimum Gasteiger partial charge on any atom is -0.370 e. The molecule has 1 aliphatic heterocycles. The number of amides is 2. The van der Waals surface area contributed by atoms with E-state index in [2.05, 4.69) is 5.32 Å². The Morgan fingerprint density at radius 2 is 1.64 bits per heavy atom. The number of carbonyl (C=O) groups is 2. The molecule has 1 saturated heterocycles. The van der Waals surface area contributed by atoms with Crippen molar-refractivity contribution in [1.82, 2.24) is 9.62 Å². The molecule has 4 saturated carbocycles. The quantitative estimate of drug-likeness (QED) is 0.532. The van der Waals surface area contributed by atoms with Crippen molar-refractivity contribution in [3.63, 3.8) is 0 Å². The second kappa shape index (κ2) is 9.80. The first-order chi connectivity index (χ1) is 17.0. The van der Waals surface area contributed by atoms with Gasteiger partial charge in [0.15, 0.2) is 0 Å². The lowest BCUT2D eigenvalue weighted by Crippen LogP contribution is -2.60. The topological polar surface area (TPSA) is 113 Å². The first kappa shape index (κ1) is 26.4. The van der Waals surface area contributed by atoms with Gasteiger partial charge in [-0.15, -0.1) is 0 Å². The molecule has 2 unspecified atom stereocenters. The highest BCUT2D eigenvalue weighted by molar-refractivity contribution is 7.90. The van der Waals surface area contributed by atoms with E-state index in [0.717, 1.165) is 32.1 Å². The van der Waals surface area contributed by atoms with Gasteiger partial charge in [-0.3, -0.25) is 13.9 Å². The summed E-state index contributed by atoms with van der Waals surface area (Å²) >= 11 is 18.7. The van der Waals surface area contributed by atoms with Gasteiger partial charge in [-0.2, -0.15) is 12.7 Å². The number of carbonyl (C=O) groups excluding carboxylic acids is 2. The standard InChI is InChI=1S/C24H31Cl3N4O4S/c25-17-7-18(26)23(19(27)8-17)31-4-2-1-3-30(36(31,34)35)13-21(33)29-22-15-5-14-6-16(22)11-24(9-14,10-15)12-20(28)32/h7-8,14-16,22H,1-6,9-13H2,(H2,28,32)(H,29,33). The molecule has 8 nitrogen and oxygen atoms in total. The lowest BCUT2D eigenvalue weighted by molar-refractivity contribution is -0.134. The van der Waals surface area contributed by atoms with Gasteiger partial charge < -0.3 is 11.1 Å². The van der Waals surface area contributed by atoms with Crippen LogP contribution in [0.15, 0.2) is 12.1 Å². The number of hydrogen-bond donors (Lipinski definition) is 2. The maximum Gasteiger partial charge on any atom is 0.304 e. The van der Waals surface area contributed by atoms with Crippen molar-refractivity contribution in [2.75, 3.05) is 23.9 Å². The van der Waals surface area contributed by atoms with Crippen LogP contribution in [0.25, 0.3) is 0 Å². The molecule has 2 atom stereocenters. The summed E-state index contributed by atoms with van der Waals surface area (Å²) in [4.78, 5) is 24.9. The number of benzene rings is 1. The maximum absolute atomic E-state index is 13.6. The molecule has 6 rings (SSSR count). The van der Waals surface area contributed by atoms with Gasteiger partial charge in [0.1, 0.15) is 0 Å². The zero-order valence-corrected chi connectivity index (χ0v) is 23.0. The Morgan fingerprint density at radius 1 is 1.03 bits per heavy atom. The monoisotopic (exact) mass is 576 g/mol. The molecule has 1 aromatic rings. The predicted octanol–water partition coefficient (Wildman–Crippen LogP) is 3.98. The molecule has 1 aromatic carbocycles. The number of hydrogen-bond acceptors (Lipinski definition) is 4. The number of primary amides is 1. The third-order valence-corrected chi connectivity index (χ3v) is 11.1. The van der Waals surface area contributed by atoms with Gasteiger partial charge in [0, 0.05) is 30.6 Å². The Labute approximate surface area is 227 Å². The van der Waals surface area contributed by atoms with E-state index < -0.39 is 10.2 Å². The Kier molecular flexibility index (Phi) is 7.18. The molecule has 36 heavy (non-hydrogen) atoms. The highest BCUT2D eigenvalue weighted by atomic mass is 35.5. The molecule has 12 heteroatoms. The van der Waals surface area contributed by atoms with Crippen LogP contribution in [0.2, 0.25) is 15.1 Å². The molecule has 3 N–H and O–H groups in total. The number of rotatable bonds is 6. The van der Waals surface area contributed by atoms with Crippen molar-refractivity contribution >= 4 is 62.5 Å². The van der Waals surface area contributed by atoms with Gasteiger partial charge >= 0.3 is 10.2 Å². The third-order valence-electron chi connectivity index (χ3n) is 8.45. The van der Waals surface area contributed by atoms with Crippen molar-refractivity contribution in [2.45, 2.75) is 57.4 Å². The lowest BCUT2D eigenvalue weighted by atomic mass is 9.47. The van der Waals surface area contributed by atoms with E-state index in [1.54, 1.807) is 0 Å². The van der Waals surface area contributed by atoms with Crippen LogP contribution in [-0.4, -0.2) is 50.2 Å². The van der Waals surface area contributed by atoms with Crippen LogP contribution in [0.1, 0.15) is 51.4 Å². The van der Waals surface area contributed by atoms with Gasteiger partial charge in [-0.05, 0) is 80.2 Å². The number of nitrogens with two attached hydrogens (primary N) is 1. The van der Waals surface area contributed by atoms with E-state index >= 15 is 0 Å². The van der Waals surface area contributed by atoms with E-state index in [1.165, 1.54) is 20.7 Å². The fourth-order valence-electron chi connectivity index (χ4n) is 7.48. The SMILES string of the molecule is NC(=O)CC12CC3CC(C1)C(NC(=O)CN1CCCCN(c4c(Cl)cc(Cl)cc4Cl)S1(=O)=O)C(C3)C2. The van der Waals surface area contributed by atoms with E-state index in [0.29, 0.717) is 42.0 Å². The summed E-state index contributed by atoms with van der Waals surface area (Å²) < 4.78 is 29.6. The van der Waals surface area contributed by atoms with Crippen LogP contribution >= 0.6 is 34.8 Å². The molecule has 0 aromatic heterocycles. The van der Waals surface area contributed by atoms with Gasteiger partial charge in [-0.25, -0.2) is 0 Å². The lowest BCUT2D eigenvalue weighted by Gasteiger charge is -2.60. The molecular weight excluding hydrogens is 547 g/mol. The maximum atomic E-state index is 13.6. The normalized spacial score (nSPS) is 33.4. The predicted molar refractivity (Wildman–Crippen MR) is 140 cm³/mol. The van der Waals surface area contributed by atoms with Crippen LogP contribution in [0.5, 0.6) is 0 Å². The molecule has 0 spiro atoms. The summed E-state index contributed by atoms with van der Waals surface area (Å²) in [5.74, 6) is 0.597. The second-order valence-electron chi connectivity index (χ2n) is 11.0. The molecule has 2 amide bonds. The smallest absolute Gasteiger partial charge is 0.304 e. The number of nitrogens with zero attached hydrogens (tertiary/aromatic N) is 2. The molecule has 1 heterocycles. The third kappa shape index (κ3) is 4.94. The van der Waals surface area contributed by atoms with Crippen LogP contribution in [0.4, 0.5) is 5.69 Å². The van der Waals surface area contributed by atoms with Gasteiger partial charge in [0.25, 0.3) is 0 Å². The Bertz CT molecular complexity index is 1140. The highest BCUT2D eigenvalue weighted by Gasteiger charge is 2.56. The molecule has 4 bridgehead atoms. The molecule has 0 radical (unpaired) electrons. The Balaban J connectivity index is 1.30. The zero-order valence-electron chi connectivity index (χ0n) is 19.9. The van der Waals surface area contributed by atoms with E-state index in [-0.39, 0.29) is 58.6 Å². The minimum absolute atomic E-state index is 0.000917. The summed E-state index contributed by atoms with van der Waals surface area (Å²) in [5.41, 5.74) is 5.70. The van der Waals surface area contributed by atoms with Crippen LogP contribution in [-0.2, 0) is 19.8 Å². The average Bonchev–Trinajstić information content (AvgIpc) is 2.87. The minimum atomic E-state index is -4.05. The molecular formula is C24H31Cl3N4O4S. The summed E-state index contributed by atoms with van der Waals surface area (Å²) in [6.45, 7) is 0.168. The number of halogens is 3. The van der Waals surface area contributed by atoms with Gasteiger partial charge in [0.2, 0.25) is 11.8 Å². The van der Waals surface area contributed by atoms with Crippen LogP contribution < -0.4 is 15.4 Å². The van der Waals surface area contributed by atoms with Gasteiger partial charge in [-0.1, -0.05) is 34.8 Å². The second-order valence-corrected chi connectivity index (χ2v) is 14.1.